The zero-order valence-electron chi connectivity index (χ0n) is 14.1. The van der Waals surface area contributed by atoms with Gasteiger partial charge in [0.2, 0.25) is 5.91 Å². The summed E-state index contributed by atoms with van der Waals surface area (Å²) in [6.45, 7) is 1.80. The molecule has 1 aliphatic rings. The van der Waals surface area contributed by atoms with Crippen molar-refractivity contribution >= 4 is 5.91 Å². The SMILES string of the molecule is O=C(Cc1ccccc1F)NCC1CC(O)CN1Cc1ccccc1. The van der Waals surface area contributed by atoms with Gasteiger partial charge in [0.1, 0.15) is 5.82 Å². The first-order chi connectivity index (χ1) is 12.1. The Morgan fingerprint density at radius 2 is 1.88 bits per heavy atom. The largest absolute Gasteiger partial charge is 0.392 e. The number of carbonyl (C=O) groups is 1. The van der Waals surface area contributed by atoms with E-state index < -0.39 is 0 Å². The lowest BCUT2D eigenvalue weighted by Gasteiger charge is -2.24. The van der Waals surface area contributed by atoms with E-state index in [4.69, 9.17) is 0 Å². The van der Waals surface area contributed by atoms with Crippen LogP contribution in [0.5, 0.6) is 0 Å². The van der Waals surface area contributed by atoms with Gasteiger partial charge in [-0.05, 0) is 23.6 Å². The lowest BCUT2D eigenvalue weighted by Crippen LogP contribution is -2.40. The number of hydrogen-bond acceptors (Lipinski definition) is 3. The van der Waals surface area contributed by atoms with Crippen LogP contribution >= 0.6 is 0 Å². The second-order valence-corrected chi connectivity index (χ2v) is 6.53. The number of β-amino-alcohol motifs (C(OH)–C–C–N with tert-alkyl or cyclic N) is 1. The van der Waals surface area contributed by atoms with Crippen molar-refractivity contribution in [1.82, 2.24) is 10.2 Å². The molecular formula is C20H23FN2O2. The summed E-state index contributed by atoms with van der Waals surface area (Å²) in [4.78, 5) is 14.3. The molecule has 1 heterocycles. The first-order valence-electron chi connectivity index (χ1n) is 8.58. The van der Waals surface area contributed by atoms with Crippen LogP contribution in [0.25, 0.3) is 0 Å². The number of benzene rings is 2. The van der Waals surface area contributed by atoms with E-state index in [1.54, 1.807) is 18.2 Å². The van der Waals surface area contributed by atoms with E-state index in [2.05, 4.69) is 22.3 Å². The smallest absolute Gasteiger partial charge is 0.224 e. The Morgan fingerprint density at radius 3 is 2.64 bits per heavy atom. The summed E-state index contributed by atoms with van der Waals surface area (Å²) in [5, 5.41) is 12.9. The minimum atomic E-state index is -0.378. The molecule has 0 radical (unpaired) electrons. The van der Waals surface area contributed by atoms with Gasteiger partial charge in [-0.1, -0.05) is 48.5 Å². The molecule has 2 unspecified atom stereocenters. The maximum Gasteiger partial charge on any atom is 0.224 e. The molecule has 0 aliphatic carbocycles. The lowest BCUT2D eigenvalue weighted by atomic mass is 10.1. The summed E-state index contributed by atoms with van der Waals surface area (Å²) in [5.74, 6) is -0.564. The highest BCUT2D eigenvalue weighted by molar-refractivity contribution is 5.78. The summed E-state index contributed by atoms with van der Waals surface area (Å²) in [6, 6.07) is 16.5. The fourth-order valence-electron chi connectivity index (χ4n) is 3.29. The van der Waals surface area contributed by atoms with Crippen LogP contribution in [0.2, 0.25) is 0 Å². The van der Waals surface area contributed by atoms with Crippen molar-refractivity contribution in [2.24, 2.45) is 0 Å². The number of amides is 1. The predicted octanol–water partition coefficient (Wildman–Crippen LogP) is 2.12. The second-order valence-electron chi connectivity index (χ2n) is 6.53. The molecule has 5 heteroatoms. The maximum atomic E-state index is 13.6. The van der Waals surface area contributed by atoms with Crippen molar-refractivity contribution in [3.05, 3.63) is 71.5 Å². The summed E-state index contributed by atoms with van der Waals surface area (Å²) in [6.07, 6.45) is 0.283. The molecule has 2 aromatic carbocycles. The van der Waals surface area contributed by atoms with Gasteiger partial charge < -0.3 is 10.4 Å². The van der Waals surface area contributed by atoms with E-state index in [0.29, 0.717) is 25.1 Å². The molecule has 0 spiro atoms. The molecule has 0 aromatic heterocycles. The van der Waals surface area contributed by atoms with E-state index in [0.717, 1.165) is 6.54 Å². The van der Waals surface area contributed by atoms with Crippen molar-refractivity contribution < 1.29 is 14.3 Å². The van der Waals surface area contributed by atoms with E-state index in [9.17, 15) is 14.3 Å². The van der Waals surface area contributed by atoms with Gasteiger partial charge >= 0.3 is 0 Å². The van der Waals surface area contributed by atoms with Crippen LogP contribution < -0.4 is 5.32 Å². The molecule has 0 bridgehead atoms. The van der Waals surface area contributed by atoms with Gasteiger partial charge in [0.05, 0.1) is 12.5 Å². The minimum Gasteiger partial charge on any atom is -0.392 e. The molecule has 4 nitrogen and oxygen atoms in total. The highest BCUT2D eigenvalue weighted by Gasteiger charge is 2.30. The van der Waals surface area contributed by atoms with E-state index in [-0.39, 0.29) is 30.3 Å². The van der Waals surface area contributed by atoms with Gasteiger partial charge in [0.25, 0.3) is 0 Å². The summed E-state index contributed by atoms with van der Waals surface area (Å²) < 4.78 is 13.6. The third-order valence-electron chi connectivity index (χ3n) is 4.58. The molecule has 1 amide bonds. The number of carbonyl (C=O) groups excluding carboxylic acids is 1. The average Bonchev–Trinajstić information content (AvgIpc) is 2.95. The summed E-state index contributed by atoms with van der Waals surface area (Å²) >= 11 is 0. The number of rotatable bonds is 6. The third-order valence-corrected chi connectivity index (χ3v) is 4.58. The number of hydrogen-bond donors (Lipinski definition) is 2. The van der Waals surface area contributed by atoms with Crippen molar-refractivity contribution in [2.75, 3.05) is 13.1 Å². The molecule has 132 valence electrons. The minimum absolute atomic E-state index is 0.0284. The van der Waals surface area contributed by atoms with Gasteiger partial charge in [0, 0.05) is 25.7 Å². The topological polar surface area (TPSA) is 52.6 Å². The molecule has 2 aromatic rings. The zero-order valence-corrected chi connectivity index (χ0v) is 14.1. The third kappa shape index (κ3) is 4.87. The quantitative estimate of drug-likeness (QED) is 0.845. The fourth-order valence-corrected chi connectivity index (χ4v) is 3.29. The van der Waals surface area contributed by atoms with Crippen molar-refractivity contribution in [3.63, 3.8) is 0 Å². The second kappa shape index (κ2) is 8.23. The van der Waals surface area contributed by atoms with Crippen LogP contribution in [-0.4, -0.2) is 41.1 Å². The molecule has 0 saturated carbocycles. The van der Waals surface area contributed by atoms with Gasteiger partial charge in [-0.2, -0.15) is 0 Å². The Kier molecular flexibility index (Phi) is 5.79. The maximum absolute atomic E-state index is 13.6. The molecule has 1 aliphatic heterocycles. The molecule has 2 atom stereocenters. The number of likely N-dealkylation sites (tertiary alicyclic amines) is 1. The van der Waals surface area contributed by atoms with Gasteiger partial charge in [0.15, 0.2) is 0 Å². The molecular weight excluding hydrogens is 319 g/mol. The highest BCUT2D eigenvalue weighted by atomic mass is 19.1. The van der Waals surface area contributed by atoms with Gasteiger partial charge in [-0.3, -0.25) is 9.69 Å². The fraction of sp³-hybridized carbons (Fsp3) is 0.350. The molecule has 3 rings (SSSR count). The van der Waals surface area contributed by atoms with E-state index in [1.807, 2.05) is 18.2 Å². The Balaban J connectivity index is 1.53. The molecule has 25 heavy (non-hydrogen) atoms. The number of nitrogens with one attached hydrogen (secondary N) is 1. The van der Waals surface area contributed by atoms with Gasteiger partial charge in [-0.25, -0.2) is 4.39 Å². The molecule has 1 fully saturated rings. The van der Waals surface area contributed by atoms with Crippen LogP contribution in [-0.2, 0) is 17.8 Å². The van der Waals surface area contributed by atoms with Gasteiger partial charge in [-0.15, -0.1) is 0 Å². The normalized spacial score (nSPS) is 20.6. The Bertz CT molecular complexity index is 708. The van der Waals surface area contributed by atoms with Crippen molar-refractivity contribution in [3.8, 4) is 0 Å². The molecule has 1 saturated heterocycles. The number of aliphatic hydroxyl groups is 1. The molecule has 2 N–H and O–H groups in total. The van der Waals surface area contributed by atoms with Crippen molar-refractivity contribution in [1.29, 1.82) is 0 Å². The van der Waals surface area contributed by atoms with Crippen LogP contribution in [0, 0.1) is 5.82 Å². The first kappa shape index (κ1) is 17.6. The average molecular weight is 342 g/mol. The number of aliphatic hydroxyl groups excluding tert-OH is 1. The highest BCUT2D eigenvalue weighted by Crippen LogP contribution is 2.20. The first-order valence-corrected chi connectivity index (χ1v) is 8.58. The number of nitrogens with zero attached hydrogens (tertiary/aromatic N) is 1. The van der Waals surface area contributed by atoms with Crippen molar-refractivity contribution in [2.45, 2.75) is 31.5 Å². The Hall–Kier alpha value is -2.24. The monoisotopic (exact) mass is 342 g/mol. The van der Waals surface area contributed by atoms with E-state index in [1.165, 1.54) is 11.6 Å². The van der Waals surface area contributed by atoms with Crippen LogP contribution in [0.4, 0.5) is 4.39 Å². The lowest BCUT2D eigenvalue weighted by molar-refractivity contribution is -0.120. The Morgan fingerprint density at radius 1 is 1.16 bits per heavy atom. The van der Waals surface area contributed by atoms with Crippen LogP contribution in [0.3, 0.4) is 0 Å². The van der Waals surface area contributed by atoms with E-state index >= 15 is 0 Å². The van der Waals surface area contributed by atoms with Crippen LogP contribution in [0.1, 0.15) is 17.5 Å². The number of halogens is 1. The predicted molar refractivity (Wildman–Crippen MR) is 94.4 cm³/mol. The standard InChI is InChI=1S/C20H23FN2O2/c21-19-9-5-4-8-16(19)10-20(25)22-12-17-11-18(24)14-23(17)13-15-6-2-1-3-7-15/h1-9,17-18,24H,10-14H2,(H,22,25). The van der Waals surface area contributed by atoms with Crippen LogP contribution in [0.15, 0.2) is 54.6 Å². The zero-order chi connectivity index (χ0) is 17.6. The summed E-state index contributed by atoms with van der Waals surface area (Å²) in [5.41, 5.74) is 1.58. The summed E-state index contributed by atoms with van der Waals surface area (Å²) in [7, 11) is 0. The Labute approximate surface area is 147 Å².